The van der Waals surface area contributed by atoms with Gasteiger partial charge in [-0.2, -0.15) is 0 Å². The summed E-state index contributed by atoms with van der Waals surface area (Å²) < 4.78 is 0. The Hall–Kier alpha value is -0.740. The molecular formula is C10H14N2OS. The zero-order chi connectivity index (χ0) is 10.2. The zero-order valence-electron chi connectivity index (χ0n) is 8.25. The van der Waals surface area contributed by atoms with Crippen molar-refractivity contribution in [3.8, 4) is 0 Å². The lowest BCUT2D eigenvalue weighted by molar-refractivity contribution is 0.0630. The van der Waals surface area contributed by atoms with E-state index in [0.717, 1.165) is 24.3 Å². The first kappa shape index (κ1) is 9.80. The standard InChI is InChI=1S/C10H14N2OS/c1-7-12-8(5-14-7)9(13)10(6-11)3-2-4-10/h5H,2-4,6,11H2,1H3. The van der Waals surface area contributed by atoms with E-state index >= 15 is 0 Å². The Labute approximate surface area is 87.3 Å². The van der Waals surface area contributed by atoms with Crippen molar-refractivity contribution in [2.45, 2.75) is 26.2 Å². The summed E-state index contributed by atoms with van der Waals surface area (Å²) in [5.41, 5.74) is 6.00. The van der Waals surface area contributed by atoms with Gasteiger partial charge in [0.1, 0.15) is 5.69 Å². The maximum atomic E-state index is 12.1. The summed E-state index contributed by atoms with van der Waals surface area (Å²) >= 11 is 1.52. The smallest absolute Gasteiger partial charge is 0.189 e. The van der Waals surface area contributed by atoms with Crippen molar-refractivity contribution >= 4 is 17.1 Å². The lowest BCUT2D eigenvalue weighted by Gasteiger charge is -2.38. The van der Waals surface area contributed by atoms with E-state index in [1.165, 1.54) is 11.3 Å². The molecular weight excluding hydrogens is 196 g/mol. The minimum absolute atomic E-state index is 0.149. The van der Waals surface area contributed by atoms with Crippen LogP contribution in [0.1, 0.15) is 34.8 Å². The van der Waals surface area contributed by atoms with E-state index in [1.807, 2.05) is 12.3 Å². The van der Waals surface area contributed by atoms with Crippen molar-refractivity contribution in [1.82, 2.24) is 4.98 Å². The second-order valence-electron chi connectivity index (χ2n) is 3.92. The second kappa shape index (κ2) is 3.44. The second-order valence-corrected chi connectivity index (χ2v) is 4.98. The maximum absolute atomic E-state index is 12.1. The van der Waals surface area contributed by atoms with Crippen LogP contribution in [0.4, 0.5) is 0 Å². The van der Waals surface area contributed by atoms with Crippen molar-refractivity contribution in [2.24, 2.45) is 11.1 Å². The number of carbonyl (C=O) groups is 1. The predicted molar refractivity (Wildman–Crippen MR) is 56.5 cm³/mol. The van der Waals surface area contributed by atoms with E-state index in [0.29, 0.717) is 12.2 Å². The Morgan fingerprint density at radius 3 is 2.79 bits per heavy atom. The molecule has 2 N–H and O–H groups in total. The van der Waals surface area contributed by atoms with Crippen LogP contribution in [0.3, 0.4) is 0 Å². The van der Waals surface area contributed by atoms with Gasteiger partial charge in [0.2, 0.25) is 0 Å². The van der Waals surface area contributed by atoms with Crippen molar-refractivity contribution < 1.29 is 4.79 Å². The van der Waals surface area contributed by atoms with Gasteiger partial charge in [-0.3, -0.25) is 4.79 Å². The molecule has 0 saturated heterocycles. The van der Waals surface area contributed by atoms with Gasteiger partial charge in [-0.25, -0.2) is 4.98 Å². The third-order valence-electron chi connectivity index (χ3n) is 3.03. The highest BCUT2D eigenvalue weighted by molar-refractivity contribution is 7.09. The average Bonchev–Trinajstić information content (AvgIpc) is 2.50. The quantitative estimate of drug-likeness (QED) is 0.773. The lowest BCUT2D eigenvalue weighted by atomic mass is 9.65. The van der Waals surface area contributed by atoms with Gasteiger partial charge in [-0.15, -0.1) is 11.3 Å². The van der Waals surface area contributed by atoms with E-state index in [4.69, 9.17) is 5.73 Å². The predicted octanol–water partition coefficient (Wildman–Crippen LogP) is 1.76. The molecule has 0 aromatic carbocycles. The average molecular weight is 210 g/mol. The molecule has 3 nitrogen and oxygen atoms in total. The molecule has 0 aliphatic heterocycles. The topological polar surface area (TPSA) is 56.0 Å². The van der Waals surface area contributed by atoms with Crippen LogP contribution in [0.5, 0.6) is 0 Å². The number of nitrogens with zero attached hydrogens (tertiary/aromatic N) is 1. The molecule has 0 amide bonds. The minimum Gasteiger partial charge on any atom is -0.329 e. The number of Topliss-reactive ketones (excluding diaryl/α,β-unsaturated/α-hetero) is 1. The molecule has 1 aliphatic carbocycles. The summed E-state index contributed by atoms with van der Waals surface area (Å²) in [6.07, 6.45) is 2.98. The van der Waals surface area contributed by atoms with Crippen LogP contribution in [0, 0.1) is 12.3 Å². The first-order valence-electron chi connectivity index (χ1n) is 4.85. The molecule has 0 radical (unpaired) electrons. The van der Waals surface area contributed by atoms with Crippen LogP contribution in [0.15, 0.2) is 5.38 Å². The summed E-state index contributed by atoms with van der Waals surface area (Å²) in [7, 11) is 0. The number of hydrogen-bond acceptors (Lipinski definition) is 4. The molecule has 0 bridgehead atoms. The number of nitrogens with two attached hydrogens (primary N) is 1. The van der Waals surface area contributed by atoms with Crippen LogP contribution >= 0.6 is 11.3 Å². The Kier molecular flexibility index (Phi) is 2.41. The van der Waals surface area contributed by atoms with Gasteiger partial charge in [-0.05, 0) is 19.8 Å². The number of aryl methyl sites for hydroxylation is 1. The van der Waals surface area contributed by atoms with Gasteiger partial charge >= 0.3 is 0 Å². The molecule has 1 aromatic rings. The third kappa shape index (κ3) is 1.38. The highest BCUT2D eigenvalue weighted by Crippen LogP contribution is 2.42. The fourth-order valence-corrected chi connectivity index (χ4v) is 2.46. The Bertz CT molecular complexity index is 349. The number of hydrogen-bond donors (Lipinski definition) is 1. The molecule has 0 unspecified atom stereocenters. The van der Waals surface area contributed by atoms with E-state index in [1.54, 1.807) is 0 Å². The number of ketones is 1. The fraction of sp³-hybridized carbons (Fsp3) is 0.600. The lowest BCUT2D eigenvalue weighted by Crippen LogP contribution is -2.44. The molecule has 1 aromatic heterocycles. The van der Waals surface area contributed by atoms with E-state index in [2.05, 4.69) is 4.98 Å². The molecule has 0 spiro atoms. The number of thiazole rings is 1. The summed E-state index contributed by atoms with van der Waals surface area (Å²) in [5, 5.41) is 2.78. The third-order valence-corrected chi connectivity index (χ3v) is 3.81. The first-order valence-corrected chi connectivity index (χ1v) is 5.73. The van der Waals surface area contributed by atoms with Gasteiger partial charge in [-0.1, -0.05) is 6.42 Å². The Morgan fingerprint density at radius 1 is 1.71 bits per heavy atom. The normalized spacial score (nSPS) is 19.0. The monoisotopic (exact) mass is 210 g/mol. The molecule has 14 heavy (non-hydrogen) atoms. The molecule has 1 aliphatic rings. The largest absolute Gasteiger partial charge is 0.329 e. The van der Waals surface area contributed by atoms with Crippen LogP contribution in [-0.4, -0.2) is 17.3 Å². The summed E-state index contributed by atoms with van der Waals surface area (Å²) in [6.45, 7) is 2.37. The number of aromatic nitrogens is 1. The summed E-state index contributed by atoms with van der Waals surface area (Å²) in [6, 6.07) is 0. The van der Waals surface area contributed by atoms with Crippen LogP contribution < -0.4 is 5.73 Å². The van der Waals surface area contributed by atoms with Crippen molar-refractivity contribution in [3.05, 3.63) is 16.1 Å². The van der Waals surface area contributed by atoms with E-state index in [9.17, 15) is 4.79 Å². The SMILES string of the molecule is Cc1nc(C(=O)C2(CN)CCC2)cs1. The highest BCUT2D eigenvalue weighted by Gasteiger charge is 2.43. The molecule has 1 saturated carbocycles. The van der Waals surface area contributed by atoms with Gasteiger partial charge < -0.3 is 5.73 Å². The highest BCUT2D eigenvalue weighted by atomic mass is 32.1. The van der Waals surface area contributed by atoms with Crippen LogP contribution in [-0.2, 0) is 0 Å². The van der Waals surface area contributed by atoms with Gasteiger partial charge in [0.25, 0.3) is 0 Å². The van der Waals surface area contributed by atoms with E-state index in [-0.39, 0.29) is 11.2 Å². The fourth-order valence-electron chi connectivity index (χ4n) is 1.87. The summed E-state index contributed by atoms with van der Waals surface area (Å²) in [4.78, 5) is 16.3. The van der Waals surface area contributed by atoms with Crippen molar-refractivity contribution in [1.29, 1.82) is 0 Å². The first-order chi connectivity index (χ1) is 6.68. The summed E-state index contributed by atoms with van der Waals surface area (Å²) in [5.74, 6) is 0.149. The molecule has 2 rings (SSSR count). The van der Waals surface area contributed by atoms with Gasteiger partial charge in [0, 0.05) is 17.3 Å². The minimum atomic E-state index is -0.277. The van der Waals surface area contributed by atoms with Gasteiger partial charge in [0.05, 0.1) is 5.01 Å². The molecule has 0 atom stereocenters. The Balaban J connectivity index is 2.23. The molecule has 1 fully saturated rings. The molecule has 1 heterocycles. The van der Waals surface area contributed by atoms with Crippen molar-refractivity contribution in [2.75, 3.05) is 6.54 Å². The van der Waals surface area contributed by atoms with Crippen LogP contribution in [0.2, 0.25) is 0 Å². The van der Waals surface area contributed by atoms with Crippen molar-refractivity contribution in [3.63, 3.8) is 0 Å². The zero-order valence-corrected chi connectivity index (χ0v) is 9.06. The molecule has 4 heteroatoms. The van der Waals surface area contributed by atoms with E-state index < -0.39 is 0 Å². The number of rotatable bonds is 3. The Morgan fingerprint density at radius 2 is 2.43 bits per heavy atom. The van der Waals surface area contributed by atoms with Gasteiger partial charge in [0.15, 0.2) is 5.78 Å². The number of carbonyl (C=O) groups excluding carboxylic acids is 1. The van der Waals surface area contributed by atoms with Crippen LogP contribution in [0.25, 0.3) is 0 Å². The molecule has 76 valence electrons. The maximum Gasteiger partial charge on any atom is 0.189 e.